The standard InChI is InChI=1S/C37H35N3O4S2/c1-5-13-27(14-6-1)22-41-25-32-33(42-23-28-15-7-2-8-16-28)34(43-24-29-17-9-3-10-18-29)36(44-32)40-31-21-38-46-35(31)39-37(40)45-26-30-19-11-4-12-20-30/h1-21,32-34,36H,22-26H2/t32-,33-,34+,36-/m1/s1. The number of ether oxygens (including phenoxy) is 4. The summed E-state index contributed by atoms with van der Waals surface area (Å²) < 4.78 is 33.3. The molecule has 0 amide bonds. The molecule has 234 valence electrons. The summed E-state index contributed by atoms with van der Waals surface area (Å²) in [5, 5.41) is 0.860. The van der Waals surface area contributed by atoms with Crippen LogP contribution < -0.4 is 0 Å². The number of hydrogen-bond donors (Lipinski definition) is 0. The first-order chi connectivity index (χ1) is 22.8. The van der Waals surface area contributed by atoms with Gasteiger partial charge in [0.1, 0.15) is 23.8 Å². The van der Waals surface area contributed by atoms with Crippen molar-refractivity contribution >= 4 is 33.6 Å². The minimum absolute atomic E-state index is 0.349. The molecule has 4 atom stereocenters. The van der Waals surface area contributed by atoms with Crippen LogP contribution in [-0.4, -0.2) is 38.8 Å². The molecule has 7 nitrogen and oxygen atoms in total. The first-order valence-corrected chi connectivity index (χ1v) is 17.2. The second-order valence-corrected chi connectivity index (χ2v) is 12.9. The Labute approximate surface area is 277 Å². The molecular formula is C37H35N3O4S2. The van der Waals surface area contributed by atoms with Gasteiger partial charge in [-0.25, -0.2) is 4.98 Å². The van der Waals surface area contributed by atoms with E-state index in [0.717, 1.165) is 37.9 Å². The topological polar surface area (TPSA) is 67.6 Å². The molecule has 1 aliphatic heterocycles. The molecule has 1 aliphatic rings. The van der Waals surface area contributed by atoms with Crippen LogP contribution in [0, 0.1) is 0 Å². The maximum absolute atomic E-state index is 6.93. The van der Waals surface area contributed by atoms with Crippen LogP contribution in [-0.2, 0) is 44.5 Å². The average molecular weight is 650 g/mol. The van der Waals surface area contributed by atoms with Crippen LogP contribution in [0.2, 0.25) is 0 Å². The largest absolute Gasteiger partial charge is 0.374 e. The van der Waals surface area contributed by atoms with Gasteiger partial charge in [0.25, 0.3) is 0 Å². The highest BCUT2D eigenvalue weighted by atomic mass is 32.2. The number of rotatable bonds is 14. The van der Waals surface area contributed by atoms with Crippen LogP contribution in [0.4, 0.5) is 0 Å². The Morgan fingerprint density at radius 3 is 1.83 bits per heavy atom. The lowest BCUT2D eigenvalue weighted by atomic mass is 10.1. The quantitative estimate of drug-likeness (QED) is 0.111. The van der Waals surface area contributed by atoms with E-state index in [4.69, 9.17) is 23.9 Å². The molecule has 0 spiro atoms. The number of hydrogen-bond acceptors (Lipinski definition) is 8. The Morgan fingerprint density at radius 1 is 0.674 bits per heavy atom. The highest BCUT2D eigenvalue weighted by Gasteiger charge is 2.48. The Balaban J connectivity index is 1.21. The molecular weight excluding hydrogens is 615 g/mol. The van der Waals surface area contributed by atoms with Gasteiger partial charge in [0.05, 0.1) is 32.6 Å². The molecule has 3 heterocycles. The van der Waals surface area contributed by atoms with Crippen LogP contribution in [0.15, 0.2) is 133 Å². The number of nitrogens with zero attached hydrogens (tertiary/aromatic N) is 3. The lowest BCUT2D eigenvalue weighted by molar-refractivity contribution is -0.0920. The summed E-state index contributed by atoms with van der Waals surface area (Å²) in [4.78, 5) is 5.87. The van der Waals surface area contributed by atoms with E-state index in [1.54, 1.807) is 11.8 Å². The summed E-state index contributed by atoms with van der Waals surface area (Å²) in [6.45, 7) is 1.67. The third-order valence-corrected chi connectivity index (χ3v) is 9.62. The molecule has 9 heteroatoms. The summed E-state index contributed by atoms with van der Waals surface area (Å²) in [7, 11) is 0. The van der Waals surface area contributed by atoms with Crippen molar-refractivity contribution in [3.63, 3.8) is 0 Å². The van der Waals surface area contributed by atoms with E-state index in [1.165, 1.54) is 17.1 Å². The van der Waals surface area contributed by atoms with Crippen LogP contribution in [0.3, 0.4) is 0 Å². The molecule has 46 heavy (non-hydrogen) atoms. The smallest absolute Gasteiger partial charge is 0.172 e. The Morgan fingerprint density at radius 2 is 1.22 bits per heavy atom. The van der Waals surface area contributed by atoms with E-state index in [-0.39, 0.29) is 6.10 Å². The van der Waals surface area contributed by atoms with Gasteiger partial charge in [0, 0.05) is 5.75 Å². The first kappa shape index (κ1) is 30.8. The fourth-order valence-corrected chi connectivity index (χ4v) is 7.28. The van der Waals surface area contributed by atoms with Crippen LogP contribution in [0.25, 0.3) is 10.3 Å². The van der Waals surface area contributed by atoms with Crippen molar-refractivity contribution in [1.82, 2.24) is 13.9 Å². The summed E-state index contributed by atoms with van der Waals surface area (Å²) in [5.41, 5.74) is 5.42. The van der Waals surface area contributed by atoms with Gasteiger partial charge in [0.2, 0.25) is 0 Å². The molecule has 0 N–H and O–H groups in total. The van der Waals surface area contributed by atoms with Gasteiger partial charge in [-0.05, 0) is 33.8 Å². The van der Waals surface area contributed by atoms with Gasteiger partial charge in [0.15, 0.2) is 16.2 Å². The molecule has 1 saturated heterocycles. The normalized spacial score (nSPS) is 19.6. The minimum atomic E-state index is -0.505. The third-order valence-electron chi connectivity index (χ3n) is 7.91. The zero-order chi connectivity index (χ0) is 31.0. The van der Waals surface area contributed by atoms with Gasteiger partial charge in [-0.3, -0.25) is 4.57 Å². The van der Waals surface area contributed by atoms with Crippen molar-refractivity contribution in [2.75, 3.05) is 6.61 Å². The SMILES string of the molecule is c1ccc(COC[C@H]2O[C@@H](n3c(SCc4ccccc4)nc4sncc43)[C@@H](OCc3ccccc3)[C@@H]2OCc2ccccc2)cc1. The molecule has 0 bridgehead atoms. The van der Waals surface area contributed by atoms with E-state index in [9.17, 15) is 0 Å². The second kappa shape index (κ2) is 15.2. The van der Waals surface area contributed by atoms with Crippen molar-refractivity contribution < 1.29 is 18.9 Å². The Kier molecular flexibility index (Phi) is 10.2. The highest BCUT2D eigenvalue weighted by Crippen LogP contribution is 2.41. The van der Waals surface area contributed by atoms with Crippen molar-refractivity contribution in [3.8, 4) is 0 Å². The van der Waals surface area contributed by atoms with E-state index in [1.807, 2.05) is 66.9 Å². The molecule has 6 aromatic rings. The average Bonchev–Trinajstić information content (AvgIpc) is 3.80. The van der Waals surface area contributed by atoms with Gasteiger partial charge in [-0.2, -0.15) is 4.37 Å². The molecule has 0 aliphatic carbocycles. The van der Waals surface area contributed by atoms with Crippen LogP contribution >= 0.6 is 23.3 Å². The third kappa shape index (κ3) is 7.41. The Bertz CT molecular complexity index is 1780. The summed E-state index contributed by atoms with van der Waals surface area (Å²) in [6, 6.07) is 41.0. The lowest BCUT2D eigenvalue weighted by Crippen LogP contribution is -2.38. The fourth-order valence-electron chi connectivity index (χ4n) is 5.61. The molecule has 0 saturated carbocycles. The zero-order valence-electron chi connectivity index (χ0n) is 25.3. The molecule has 0 unspecified atom stereocenters. The molecule has 2 aromatic heterocycles. The minimum Gasteiger partial charge on any atom is -0.374 e. The van der Waals surface area contributed by atoms with Crippen molar-refractivity contribution in [3.05, 3.63) is 150 Å². The predicted molar refractivity (Wildman–Crippen MR) is 181 cm³/mol. The Hall–Kier alpha value is -3.83. The second-order valence-electron chi connectivity index (χ2n) is 11.1. The summed E-state index contributed by atoms with van der Waals surface area (Å²) in [6.07, 6.45) is 0.142. The van der Waals surface area contributed by atoms with Crippen LogP contribution in [0.1, 0.15) is 28.5 Å². The monoisotopic (exact) mass is 649 g/mol. The first-order valence-electron chi connectivity index (χ1n) is 15.4. The molecule has 0 radical (unpaired) electrons. The molecule has 1 fully saturated rings. The van der Waals surface area contributed by atoms with Crippen molar-refractivity contribution in [2.45, 2.75) is 55.3 Å². The van der Waals surface area contributed by atoms with Crippen molar-refractivity contribution in [1.29, 1.82) is 0 Å². The van der Waals surface area contributed by atoms with E-state index >= 15 is 0 Å². The maximum Gasteiger partial charge on any atom is 0.172 e. The van der Waals surface area contributed by atoms with E-state index < -0.39 is 18.4 Å². The van der Waals surface area contributed by atoms with E-state index in [0.29, 0.717) is 26.4 Å². The van der Waals surface area contributed by atoms with E-state index in [2.05, 4.69) is 69.6 Å². The van der Waals surface area contributed by atoms with Crippen molar-refractivity contribution in [2.24, 2.45) is 0 Å². The number of aromatic nitrogens is 3. The predicted octanol–water partition coefficient (Wildman–Crippen LogP) is 8.07. The van der Waals surface area contributed by atoms with Gasteiger partial charge >= 0.3 is 0 Å². The van der Waals surface area contributed by atoms with Crippen LogP contribution in [0.5, 0.6) is 0 Å². The molecule has 4 aromatic carbocycles. The number of thioether (sulfide) groups is 1. The lowest BCUT2D eigenvalue weighted by Gasteiger charge is -2.26. The summed E-state index contributed by atoms with van der Waals surface area (Å²) in [5.74, 6) is 0.776. The molecule has 7 rings (SSSR count). The fraction of sp³-hybridized carbons (Fsp3) is 0.243. The van der Waals surface area contributed by atoms with Gasteiger partial charge in [-0.1, -0.05) is 133 Å². The summed E-state index contributed by atoms with van der Waals surface area (Å²) >= 11 is 3.07. The highest BCUT2D eigenvalue weighted by molar-refractivity contribution is 7.98. The zero-order valence-corrected chi connectivity index (χ0v) is 26.9. The number of benzene rings is 4. The number of fused-ring (bicyclic) bond motifs is 1. The van der Waals surface area contributed by atoms with Gasteiger partial charge in [-0.15, -0.1) is 0 Å². The van der Waals surface area contributed by atoms with Gasteiger partial charge < -0.3 is 18.9 Å². The maximum atomic E-state index is 6.93. The number of imidazole rings is 1.